The number of para-hydroxylation sites is 1. The van der Waals surface area contributed by atoms with Crippen molar-refractivity contribution in [3.63, 3.8) is 0 Å². The Balaban J connectivity index is 1.74. The number of nitrogens with zero attached hydrogens (tertiary/aromatic N) is 2. The molecular formula is C20H16N2O2S2. The first-order valence-corrected chi connectivity index (χ1v) is 9.94. The van der Waals surface area contributed by atoms with Crippen LogP contribution in [0, 0.1) is 0 Å². The van der Waals surface area contributed by atoms with Gasteiger partial charge in [-0.2, -0.15) is 0 Å². The molecule has 2 heterocycles. The van der Waals surface area contributed by atoms with Crippen molar-refractivity contribution in [2.45, 2.75) is 10.9 Å². The van der Waals surface area contributed by atoms with Gasteiger partial charge in [-0.05, 0) is 41.3 Å². The van der Waals surface area contributed by atoms with Crippen LogP contribution in [0.15, 0.2) is 76.0 Å². The zero-order chi connectivity index (χ0) is 17.9. The lowest BCUT2D eigenvalue weighted by molar-refractivity contribution is 0.414. The average Bonchev–Trinajstić information content (AvgIpc) is 3.16. The first-order chi connectivity index (χ1) is 12.8. The Morgan fingerprint density at radius 2 is 1.85 bits per heavy atom. The topological polar surface area (TPSA) is 44.1 Å². The molecule has 0 saturated carbocycles. The van der Waals surface area contributed by atoms with Gasteiger partial charge >= 0.3 is 0 Å². The van der Waals surface area contributed by atoms with E-state index in [2.05, 4.69) is 0 Å². The van der Waals surface area contributed by atoms with Crippen LogP contribution in [-0.2, 0) is 5.75 Å². The molecule has 0 amide bonds. The number of benzene rings is 2. The molecule has 0 aliphatic carbocycles. The van der Waals surface area contributed by atoms with E-state index in [0.29, 0.717) is 10.5 Å². The zero-order valence-electron chi connectivity index (χ0n) is 14.1. The highest BCUT2D eigenvalue weighted by Gasteiger charge is 2.14. The van der Waals surface area contributed by atoms with Gasteiger partial charge in [-0.15, -0.1) is 11.3 Å². The lowest BCUT2D eigenvalue weighted by Crippen LogP contribution is -2.21. The van der Waals surface area contributed by atoms with Crippen LogP contribution in [-0.4, -0.2) is 16.7 Å². The molecule has 0 aliphatic heterocycles. The molecule has 0 spiro atoms. The fourth-order valence-electron chi connectivity index (χ4n) is 2.67. The van der Waals surface area contributed by atoms with E-state index in [-0.39, 0.29) is 5.56 Å². The average molecular weight is 380 g/mol. The molecule has 0 N–H and O–H groups in total. The van der Waals surface area contributed by atoms with E-state index in [4.69, 9.17) is 9.72 Å². The van der Waals surface area contributed by atoms with Gasteiger partial charge in [-0.1, -0.05) is 42.1 Å². The fourth-order valence-corrected chi connectivity index (χ4v) is 4.44. The van der Waals surface area contributed by atoms with E-state index < -0.39 is 0 Å². The van der Waals surface area contributed by atoms with Crippen molar-refractivity contribution in [2.24, 2.45) is 0 Å². The summed E-state index contributed by atoms with van der Waals surface area (Å²) < 4.78 is 6.90. The van der Waals surface area contributed by atoms with E-state index >= 15 is 0 Å². The van der Waals surface area contributed by atoms with E-state index in [0.717, 1.165) is 27.6 Å². The Morgan fingerprint density at radius 1 is 1.08 bits per heavy atom. The van der Waals surface area contributed by atoms with Crippen LogP contribution in [0.5, 0.6) is 5.75 Å². The lowest BCUT2D eigenvalue weighted by atomic mass is 10.2. The van der Waals surface area contributed by atoms with Gasteiger partial charge in [-0.25, -0.2) is 4.98 Å². The zero-order valence-corrected chi connectivity index (χ0v) is 15.7. The normalized spacial score (nSPS) is 11.0. The van der Waals surface area contributed by atoms with E-state index in [1.165, 1.54) is 11.3 Å². The number of thiophene rings is 1. The second kappa shape index (κ2) is 7.35. The number of hydrogen-bond acceptors (Lipinski definition) is 5. The van der Waals surface area contributed by atoms with Gasteiger partial charge in [0.05, 0.1) is 18.2 Å². The maximum absolute atomic E-state index is 13.0. The Morgan fingerprint density at radius 3 is 2.58 bits per heavy atom. The van der Waals surface area contributed by atoms with Gasteiger partial charge in [0, 0.05) is 5.75 Å². The molecular weight excluding hydrogens is 364 g/mol. The summed E-state index contributed by atoms with van der Waals surface area (Å²) in [5, 5.41) is 3.27. The molecule has 4 aromatic rings. The molecule has 0 unspecified atom stereocenters. The largest absolute Gasteiger partial charge is 0.497 e. The Kier molecular flexibility index (Phi) is 4.77. The standard InChI is InChI=1S/C20H16N2O2S2/c1-24-16-9-7-14(8-10-16)13-26-20-21-18-17(11-12-25-18)19(23)22(20)15-5-3-2-4-6-15/h2-12H,13H2,1H3. The lowest BCUT2D eigenvalue weighted by Gasteiger charge is -2.12. The molecule has 0 atom stereocenters. The quantitative estimate of drug-likeness (QED) is 0.370. The molecule has 0 bridgehead atoms. The summed E-state index contributed by atoms with van der Waals surface area (Å²) in [6.45, 7) is 0. The first kappa shape index (κ1) is 16.9. The van der Waals surface area contributed by atoms with Crippen molar-refractivity contribution in [2.75, 3.05) is 7.11 Å². The van der Waals surface area contributed by atoms with Crippen molar-refractivity contribution < 1.29 is 4.74 Å². The molecule has 0 saturated heterocycles. The number of hydrogen-bond donors (Lipinski definition) is 0. The summed E-state index contributed by atoms with van der Waals surface area (Å²) in [6.07, 6.45) is 0. The van der Waals surface area contributed by atoms with Gasteiger partial charge in [0.1, 0.15) is 10.6 Å². The third-order valence-corrected chi connectivity index (χ3v) is 5.82. The molecule has 0 fully saturated rings. The summed E-state index contributed by atoms with van der Waals surface area (Å²) in [6, 6.07) is 19.4. The molecule has 6 heteroatoms. The summed E-state index contributed by atoms with van der Waals surface area (Å²) in [7, 11) is 1.66. The second-order valence-corrected chi connectivity index (χ2v) is 7.48. The van der Waals surface area contributed by atoms with Crippen LogP contribution in [0.4, 0.5) is 0 Å². The monoisotopic (exact) mass is 380 g/mol. The van der Waals surface area contributed by atoms with Gasteiger partial charge in [0.25, 0.3) is 5.56 Å². The third-order valence-electron chi connectivity index (χ3n) is 4.01. The van der Waals surface area contributed by atoms with Crippen molar-refractivity contribution in [1.82, 2.24) is 9.55 Å². The van der Waals surface area contributed by atoms with Crippen LogP contribution < -0.4 is 10.3 Å². The number of fused-ring (bicyclic) bond motifs is 1. The predicted molar refractivity (Wildman–Crippen MR) is 108 cm³/mol. The number of aromatic nitrogens is 2. The summed E-state index contributed by atoms with van der Waals surface area (Å²) in [4.78, 5) is 18.5. The third kappa shape index (κ3) is 3.25. The molecule has 2 aromatic heterocycles. The van der Waals surface area contributed by atoms with Crippen molar-refractivity contribution in [3.8, 4) is 11.4 Å². The molecule has 26 heavy (non-hydrogen) atoms. The minimum Gasteiger partial charge on any atom is -0.497 e. The summed E-state index contributed by atoms with van der Waals surface area (Å²) >= 11 is 3.05. The van der Waals surface area contributed by atoms with Gasteiger partial charge in [0.2, 0.25) is 0 Å². The molecule has 0 aliphatic rings. The van der Waals surface area contributed by atoms with E-state index in [1.807, 2.05) is 66.0 Å². The maximum Gasteiger partial charge on any atom is 0.267 e. The minimum atomic E-state index is -0.0281. The van der Waals surface area contributed by atoms with Crippen LogP contribution in [0.2, 0.25) is 0 Å². The second-order valence-electron chi connectivity index (χ2n) is 5.65. The highest BCUT2D eigenvalue weighted by atomic mass is 32.2. The number of rotatable bonds is 5. The van der Waals surface area contributed by atoms with Gasteiger partial charge in [-0.3, -0.25) is 9.36 Å². The smallest absolute Gasteiger partial charge is 0.267 e. The van der Waals surface area contributed by atoms with Crippen LogP contribution in [0.3, 0.4) is 0 Å². The Hall–Kier alpha value is -2.57. The Bertz CT molecular complexity index is 1090. The minimum absolute atomic E-state index is 0.0281. The molecule has 130 valence electrons. The summed E-state index contributed by atoms with van der Waals surface area (Å²) in [5.41, 5.74) is 1.95. The van der Waals surface area contributed by atoms with E-state index in [1.54, 1.807) is 23.4 Å². The SMILES string of the molecule is COc1ccc(CSc2nc3sccc3c(=O)n2-c2ccccc2)cc1. The fraction of sp³-hybridized carbons (Fsp3) is 0.100. The van der Waals surface area contributed by atoms with Crippen LogP contribution >= 0.6 is 23.1 Å². The van der Waals surface area contributed by atoms with Gasteiger partial charge < -0.3 is 4.74 Å². The molecule has 0 radical (unpaired) electrons. The molecule has 4 nitrogen and oxygen atoms in total. The Labute approximate surface area is 159 Å². The highest BCUT2D eigenvalue weighted by Crippen LogP contribution is 2.26. The van der Waals surface area contributed by atoms with Crippen molar-refractivity contribution in [3.05, 3.63) is 82.0 Å². The van der Waals surface area contributed by atoms with Crippen LogP contribution in [0.1, 0.15) is 5.56 Å². The summed E-state index contributed by atoms with van der Waals surface area (Å²) in [5.74, 6) is 1.55. The van der Waals surface area contributed by atoms with Crippen molar-refractivity contribution >= 4 is 33.3 Å². The highest BCUT2D eigenvalue weighted by molar-refractivity contribution is 7.98. The van der Waals surface area contributed by atoms with Gasteiger partial charge in [0.15, 0.2) is 5.16 Å². The predicted octanol–water partition coefficient (Wildman–Crippen LogP) is 4.75. The number of methoxy groups -OCH3 is 1. The molecule has 4 rings (SSSR count). The van der Waals surface area contributed by atoms with Crippen LogP contribution in [0.25, 0.3) is 15.9 Å². The maximum atomic E-state index is 13.0. The number of ether oxygens (including phenoxy) is 1. The van der Waals surface area contributed by atoms with Crippen molar-refractivity contribution in [1.29, 1.82) is 0 Å². The van der Waals surface area contributed by atoms with E-state index in [9.17, 15) is 4.79 Å². The number of thioether (sulfide) groups is 1. The molecule has 2 aromatic carbocycles. The first-order valence-electron chi connectivity index (χ1n) is 8.07.